The third kappa shape index (κ3) is 5.98. The van der Waals surface area contributed by atoms with E-state index in [1.54, 1.807) is 0 Å². The van der Waals surface area contributed by atoms with Gasteiger partial charge in [-0.2, -0.15) is 0 Å². The maximum atomic E-state index is 12.3. The molecule has 1 amide bonds. The fourth-order valence-electron chi connectivity index (χ4n) is 3.93. The highest BCUT2D eigenvalue weighted by Crippen LogP contribution is 2.27. The van der Waals surface area contributed by atoms with E-state index < -0.39 is 5.60 Å². The fourth-order valence-corrected chi connectivity index (χ4v) is 3.93. The normalized spacial score (nSPS) is 28.9. The Kier molecular flexibility index (Phi) is 6.75. The molecule has 1 aliphatic heterocycles. The molecule has 1 saturated carbocycles. The lowest BCUT2D eigenvalue weighted by molar-refractivity contribution is 0.0220. The Bertz CT molecular complexity index is 370. The quantitative estimate of drug-likeness (QED) is 0.818. The van der Waals surface area contributed by atoms with Crippen LogP contribution in [0, 0.1) is 5.92 Å². The van der Waals surface area contributed by atoms with Crippen molar-refractivity contribution in [2.45, 2.75) is 96.7 Å². The molecule has 0 aromatic heterocycles. The third-order valence-electron chi connectivity index (χ3n) is 5.34. The number of likely N-dealkylation sites (tertiary alicyclic amines) is 1. The average Bonchev–Trinajstić information content (AvgIpc) is 2.95. The molecule has 1 atom stereocenters. The Balaban J connectivity index is 1.69. The topological polar surface area (TPSA) is 41.6 Å². The Hall–Kier alpha value is -0.770. The van der Waals surface area contributed by atoms with Gasteiger partial charge < -0.3 is 15.0 Å². The van der Waals surface area contributed by atoms with Gasteiger partial charge in [0.05, 0.1) is 0 Å². The largest absolute Gasteiger partial charge is 0.444 e. The molecule has 0 bridgehead atoms. The molecule has 1 saturated heterocycles. The minimum atomic E-state index is -0.402. The van der Waals surface area contributed by atoms with Crippen LogP contribution in [0.25, 0.3) is 0 Å². The van der Waals surface area contributed by atoms with Crippen molar-refractivity contribution in [1.82, 2.24) is 10.2 Å². The van der Waals surface area contributed by atoms with Crippen LogP contribution < -0.4 is 5.32 Å². The molecule has 0 spiro atoms. The number of ether oxygens (including phenoxy) is 1. The van der Waals surface area contributed by atoms with E-state index >= 15 is 0 Å². The van der Waals surface area contributed by atoms with Crippen molar-refractivity contribution >= 4 is 6.09 Å². The number of amides is 1. The van der Waals surface area contributed by atoms with Crippen molar-refractivity contribution in [3.8, 4) is 0 Å². The lowest BCUT2D eigenvalue weighted by Gasteiger charge is -2.31. The van der Waals surface area contributed by atoms with Gasteiger partial charge in [-0.25, -0.2) is 4.79 Å². The molecular weight excluding hydrogens is 288 g/mol. The highest BCUT2D eigenvalue weighted by Gasteiger charge is 2.32. The Morgan fingerprint density at radius 2 is 1.87 bits per heavy atom. The summed E-state index contributed by atoms with van der Waals surface area (Å²) < 4.78 is 5.54. The van der Waals surface area contributed by atoms with Crippen molar-refractivity contribution < 1.29 is 9.53 Å². The molecule has 1 N–H and O–H groups in total. The van der Waals surface area contributed by atoms with E-state index in [0.29, 0.717) is 12.1 Å². The van der Waals surface area contributed by atoms with E-state index in [2.05, 4.69) is 12.2 Å². The van der Waals surface area contributed by atoms with Crippen LogP contribution in [-0.2, 0) is 4.74 Å². The Morgan fingerprint density at radius 3 is 2.48 bits per heavy atom. The number of rotatable bonds is 5. The highest BCUT2D eigenvalue weighted by atomic mass is 16.6. The Morgan fingerprint density at radius 1 is 1.17 bits per heavy atom. The van der Waals surface area contributed by atoms with Crippen LogP contribution in [0.5, 0.6) is 0 Å². The number of hydrogen-bond acceptors (Lipinski definition) is 3. The predicted molar refractivity (Wildman–Crippen MR) is 94.6 cm³/mol. The van der Waals surface area contributed by atoms with Crippen LogP contribution in [0.4, 0.5) is 4.79 Å². The molecule has 23 heavy (non-hydrogen) atoms. The van der Waals surface area contributed by atoms with Gasteiger partial charge in [0.2, 0.25) is 0 Å². The summed E-state index contributed by atoms with van der Waals surface area (Å²) in [5.41, 5.74) is -0.402. The Labute approximate surface area is 142 Å². The average molecular weight is 325 g/mol. The first kappa shape index (κ1) is 18.6. The first-order valence-electron chi connectivity index (χ1n) is 9.62. The summed E-state index contributed by atoms with van der Waals surface area (Å²) in [7, 11) is 0. The zero-order valence-electron chi connectivity index (χ0n) is 15.6. The zero-order valence-corrected chi connectivity index (χ0v) is 15.6. The molecule has 1 unspecified atom stereocenters. The molecule has 0 aromatic rings. The van der Waals surface area contributed by atoms with Gasteiger partial charge in [-0.15, -0.1) is 0 Å². The molecular formula is C19H36N2O2. The van der Waals surface area contributed by atoms with Gasteiger partial charge in [-0.3, -0.25) is 0 Å². The SMILES string of the molecule is CCC1CCC(NCCC2CCCN2C(=O)OC(C)(C)C)CC1. The molecule has 2 aliphatic rings. The van der Waals surface area contributed by atoms with Crippen LogP contribution in [0.2, 0.25) is 0 Å². The second-order valence-corrected chi connectivity index (χ2v) is 8.34. The van der Waals surface area contributed by atoms with Crippen molar-refractivity contribution in [3.05, 3.63) is 0 Å². The summed E-state index contributed by atoms with van der Waals surface area (Å²) >= 11 is 0. The van der Waals surface area contributed by atoms with E-state index in [1.165, 1.54) is 32.1 Å². The van der Waals surface area contributed by atoms with E-state index in [9.17, 15) is 4.79 Å². The molecule has 1 heterocycles. The molecule has 134 valence electrons. The van der Waals surface area contributed by atoms with Crippen molar-refractivity contribution in [2.24, 2.45) is 5.92 Å². The molecule has 4 heteroatoms. The first-order valence-corrected chi connectivity index (χ1v) is 9.62. The van der Waals surface area contributed by atoms with Crippen LogP contribution in [0.1, 0.15) is 79.1 Å². The molecule has 1 aliphatic carbocycles. The summed E-state index contributed by atoms with van der Waals surface area (Å²) in [4.78, 5) is 14.2. The third-order valence-corrected chi connectivity index (χ3v) is 5.34. The van der Waals surface area contributed by atoms with Gasteiger partial charge >= 0.3 is 6.09 Å². The number of nitrogens with zero attached hydrogens (tertiary/aromatic N) is 1. The summed E-state index contributed by atoms with van der Waals surface area (Å²) in [6.07, 6.45) is 9.85. The van der Waals surface area contributed by atoms with Gasteiger partial charge in [-0.05, 0) is 78.2 Å². The first-order chi connectivity index (χ1) is 10.9. The van der Waals surface area contributed by atoms with E-state index in [1.807, 2.05) is 25.7 Å². The summed E-state index contributed by atoms with van der Waals surface area (Å²) in [5, 5.41) is 3.72. The van der Waals surface area contributed by atoms with E-state index in [4.69, 9.17) is 4.74 Å². The summed E-state index contributed by atoms with van der Waals surface area (Å²) in [5.74, 6) is 0.950. The van der Waals surface area contributed by atoms with Crippen LogP contribution in [-0.4, -0.2) is 41.8 Å². The van der Waals surface area contributed by atoms with Crippen LogP contribution in [0.3, 0.4) is 0 Å². The number of nitrogens with one attached hydrogen (secondary N) is 1. The molecule has 0 aromatic carbocycles. The second-order valence-electron chi connectivity index (χ2n) is 8.34. The molecule has 2 fully saturated rings. The second kappa shape index (κ2) is 8.36. The van der Waals surface area contributed by atoms with E-state index in [-0.39, 0.29) is 6.09 Å². The highest BCUT2D eigenvalue weighted by molar-refractivity contribution is 5.68. The van der Waals surface area contributed by atoms with Crippen molar-refractivity contribution in [2.75, 3.05) is 13.1 Å². The number of carbonyl (C=O) groups excluding carboxylic acids is 1. The van der Waals surface area contributed by atoms with Gasteiger partial charge in [-0.1, -0.05) is 13.3 Å². The lowest BCUT2D eigenvalue weighted by Crippen LogP contribution is -2.42. The number of hydrogen-bond donors (Lipinski definition) is 1. The predicted octanol–water partition coefficient (Wildman–Crippen LogP) is 4.33. The summed E-state index contributed by atoms with van der Waals surface area (Å²) in [6.45, 7) is 9.98. The van der Waals surface area contributed by atoms with Gasteiger partial charge in [0.25, 0.3) is 0 Å². The smallest absolute Gasteiger partial charge is 0.410 e. The van der Waals surface area contributed by atoms with Crippen molar-refractivity contribution in [3.63, 3.8) is 0 Å². The zero-order chi connectivity index (χ0) is 16.9. The monoisotopic (exact) mass is 324 g/mol. The molecule has 0 radical (unpaired) electrons. The maximum Gasteiger partial charge on any atom is 0.410 e. The summed E-state index contributed by atoms with van der Waals surface area (Å²) in [6, 6.07) is 1.04. The van der Waals surface area contributed by atoms with Crippen LogP contribution >= 0.6 is 0 Å². The minimum absolute atomic E-state index is 0.136. The molecule has 2 rings (SSSR count). The molecule has 4 nitrogen and oxygen atoms in total. The lowest BCUT2D eigenvalue weighted by atomic mass is 9.84. The number of carbonyl (C=O) groups is 1. The van der Waals surface area contributed by atoms with E-state index in [0.717, 1.165) is 38.3 Å². The fraction of sp³-hybridized carbons (Fsp3) is 0.947. The van der Waals surface area contributed by atoms with Crippen LogP contribution in [0.15, 0.2) is 0 Å². The minimum Gasteiger partial charge on any atom is -0.444 e. The van der Waals surface area contributed by atoms with Crippen molar-refractivity contribution in [1.29, 1.82) is 0 Å². The van der Waals surface area contributed by atoms with Gasteiger partial charge in [0.15, 0.2) is 0 Å². The van der Waals surface area contributed by atoms with Gasteiger partial charge in [0, 0.05) is 18.6 Å². The van der Waals surface area contributed by atoms with Gasteiger partial charge in [0.1, 0.15) is 5.60 Å². The standard InChI is InChI=1S/C19H36N2O2/c1-5-15-8-10-16(11-9-15)20-13-12-17-7-6-14-21(17)18(22)23-19(2,3)4/h15-17,20H,5-14H2,1-4H3. The maximum absolute atomic E-state index is 12.3.